The fraction of sp³-hybridized carbons (Fsp3) is 1.00. The Balaban J connectivity index is 1.37. The van der Waals surface area contributed by atoms with Crippen molar-refractivity contribution in [2.24, 2.45) is 5.41 Å². The van der Waals surface area contributed by atoms with E-state index < -0.39 is 0 Å². The van der Waals surface area contributed by atoms with E-state index in [1.165, 1.54) is 71.5 Å². The third kappa shape index (κ3) is 4.94. The van der Waals surface area contributed by atoms with Crippen LogP contribution >= 0.6 is 0 Å². The smallest absolute Gasteiger partial charge is 0.0538 e. The van der Waals surface area contributed by atoms with E-state index in [-0.39, 0.29) is 0 Å². The zero-order valence-electron chi connectivity index (χ0n) is 16.5. The van der Waals surface area contributed by atoms with Crippen molar-refractivity contribution in [3.8, 4) is 0 Å². The minimum atomic E-state index is 0.373. The summed E-state index contributed by atoms with van der Waals surface area (Å²) in [5.74, 6) is 0. The Morgan fingerprint density at radius 3 is 2.04 bits per heavy atom. The first-order chi connectivity index (χ1) is 11.5. The maximum atomic E-state index is 5.92. The lowest BCUT2D eigenvalue weighted by Crippen LogP contribution is -2.54. The first-order valence-electron chi connectivity index (χ1n) is 10.3. The molecule has 0 amide bonds. The number of hydrogen-bond acceptors (Lipinski definition) is 4. The van der Waals surface area contributed by atoms with Crippen LogP contribution in [0.15, 0.2) is 0 Å². The standard InChI is InChI=1S/C20H39N3O/c1-17(2)22-11-13-23(14-12-22)19-5-9-21(10-6-19)15-20(7-8-20)16-24-18(3)4/h17-19H,5-16H2,1-4H3. The highest BCUT2D eigenvalue weighted by atomic mass is 16.5. The summed E-state index contributed by atoms with van der Waals surface area (Å²) in [5, 5.41) is 0. The lowest BCUT2D eigenvalue weighted by Gasteiger charge is -2.44. The highest BCUT2D eigenvalue weighted by molar-refractivity contribution is 4.97. The van der Waals surface area contributed by atoms with Crippen LogP contribution in [0.4, 0.5) is 0 Å². The van der Waals surface area contributed by atoms with Gasteiger partial charge in [-0.3, -0.25) is 9.80 Å². The summed E-state index contributed by atoms with van der Waals surface area (Å²) in [5.41, 5.74) is 0.500. The van der Waals surface area contributed by atoms with Crippen LogP contribution in [0.5, 0.6) is 0 Å². The molecule has 4 heteroatoms. The van der Waals surface area contributed by atoms with E-state index in [1.807, 2.05) is 0 Å². The SMILES string of the molecule is CC(C)OCC1(CN2CCC(N3CCN(C(C)C)CC3)CC2)CC1. The van der Waals surface area contributed by atoms with E-state index in [2.05, 4.69) is 42.4 Å². The van der Waals surface area contributed by atoms with E-state index in [1.54, 1.807) is 0 Å². The number of hydrogen-bond donors (Lipinski definition) is 0. The molecule has 1 aliphatic carbocycles. The van der Waals surface area contributed by atoms with Crippen molar-refractivity contribution in [3.05, 3.63) is 0 Å². The number of rotatable bonds is 7. The summed E-state index contributed by atoms with van der Waals surface area (Å²) in [6, 6.07) is 1.54. The summed E-state index contributed by atoms with van der Waals surface area (Å²) in [7, 11) is 0. The Hall–Kier alpha value is -0.160. The molecule has 0 N–H and O–H groups in total. The second-order valence-corrected chi connectivity index (χ2v) is 9.03. The molecule has 2 saturated heterocycles. The molecule has 24 heavy (non-hydrogen) atoms. The van der Waals surface area contributed by atoms with Crippen LogP contribution in [0.3, 0.4) is 0 Å². The van der Waals surface area contributed by atoms with Gasteiger partial charge in [-0.1, -0.05) is 0 Å². The van der Waals surface area contributed by atoms with Gasteiger partial charge >= 0.3 is 0 Å². The Bertz CT molecular complexity index is 378. The largest absolute Gasteiger partial charge is 0.378 e. The van der Waals surface area contributed by atoms with Crippen LogP contribution in [-0.4, -0.2) is 85.3 Å². The lowest BCUT2D eigenvalue weighted by molar-refractivity contribution is 0.0166. The van der Waals surface area contributed by atoms with Crippen LogP contribution in [0.2, 0.25) is 0 Å². The van der Waals surface area contributed by atoms with Crippen molar-refractivity contribution in [2.45, 2.75) is 71.6 Å². The molecular formula is C20H39N3O. The molecule has 0 radical (unpaired) electrons. The predicted octanol–water partition coefficient (Wildman–Crippen LogP) is 2.68. The van der Waals surface area contributed by atoms with Gasteiger partial charge in [-0.15, -0.1) is 0 Å². The van der Waals surface area contributed by atoms with Crippen LogP contribution in [0.1, 0.15) is 53.4 Å². The second-order valence-electron chi connectivity index (χ2n) is 9.03. The van der Waals surface area contributed by atoms with E-state index in [9.17, 15) is 0 Å². The first-order valence-corrected chi connectivity index (χ1v) is 10.3. The van der Waals surface area contributed by atoms with E-state index in [0.717, 1.165) is 12.6 Å². The predicted molar refractivity (Wildman–Crippen MR) is 100 cm³/mol. The fourth-order valence-electron chi connectivity index (χ4n) is 4.40. The van der Waals surface area contributed by atoms with Gasteiger partial charge in [0.25, 0.3) is 0 Å². The van der Waals surface area contributed by atoms with Gasteiger partial charge in [-0.05, 0) is 66.5 Å². The van der Waals surface area contributed by atoms with E-state index in [4.69, 9.17) is 4.74 Å². The Morgan fingerprint density at radius 2 is 1.54 bits per heavy atom. The average Bonchev–Trinajstić information content (AvgIpc) is 3.34. The van der Waals surface area contributed by atoms with Crippen molar-refractivity contribution < 1.29 is 4.74 Å². The fourth-order valence-corrected chi connectivity index (χ4v) is 4.40. The van der Waals surface area contributed by atoms with Crippen molar-refractivity contribution in [3.63, 3.8) is 0 Å². The molecule has 3 aliphatic rings. The molecule has 0 unspecified atom stereocenters. The number of piperazine rings is 1. The van der Waals surface area contributed by atoms with Gasteiger partial charge in [0.2, 0.25) is 0 Å². The molecule has 0 bridgehead atoms. The second kappa shape index (κ2) is 8.03. The summed E-state index contributed by atoms with van der Waals surface area (Å²) in [4.78, 5) is 8.11. The third-order valence-electron chi connectivity index (χ3n) is 6.39. The molecular weight excluding hydrogens is 298 g/mol. The summed E-state index contributed by atoms with van der Waals surface area (Å²) < 4.78 is 5.92. The van der Waals surface area contributed by atoms with Crippen LogP contribution < -0.4 is 0 Å². The highest BCUT2D eigenvalue weighted by Crippen LogP contribution is 2.47. The molecule has 2 aliphatic heterocycles. The number of piperidine rings is 1. The summed E-state index contributed by atoms with van der Waals surface area (Å²) in [6.07, 6.45) is 5.84. The van der Waals surface area contributed by atoms with Gasteiger partial charge in [0.15, 0.2) is 0 Å². The molecule has 4 nitrogen and oxygen atoms in total. The van der Waals surface area contributed by atoms with Crippen LogP contribution in [0.25, 0.3) is 0 Å². The topological polar surface area (TPSA) is 19.0 Å². The van der Waals surface area contributed by atoms with Gasteiger partial charge in [-0.2, -0.15) is 0 Å². The Morgan fingerprint density at radius 1 is 0.917 bits per heavy atom. The summed E-state index contributed by atoms with van der Waals surface area (Å²) in [6.45, 7) is 18.8. The quantitative estimate of drug-likeness (QED) is 0.711. The van der Waals surface area contributed by atoms with Crippen molar-refractivity contribution >= 4 is 0 Å². The van der Waals surface area contributed by atoms with E-state index >= 15 is 0 Å². The van der Waals surface area contributed by atoms with E-state index in [0.29, 0.717) is 17.6 Å². The Labute approximate surface area is 149 Å². The minimum Gasteiger partial charge on any atom is -0.378 e. The zero-order valence-corrected chi connectivity index (χ0v) is 16.5. The molecule has 140 valence electrons. The van der Waals surface area contributed by atoms with Crippen molar-refractivity contribution in [1.29, 1.82) is 0 Å². The minimum absolute atomic E-state index is 0.373. The Kier molecular flexibility index (Phi) is 6.23. The molecule has 3 rings (SSSR count). The van der Waals surface area contributed by atoms with Gasteiger partial charge in [-0.25, -0.2) is 0 Å². The number of likely N-dealkylation sites (tertiary alicyclic amines) is 1. The monoisotopic (exact) mass is 337 g/mol. The molecule has 3 fully saturated rings. The summed E-state index contributed by atoms with van der Waals surface area (Å²) >= 11 is 0. The average molecular weight is 338 g/mol. The van der Waals surface area contributed by atoms with Gasteiger partial charge in [0.05, 0.1) is 12.7 Å². The molecule has 0 aromatic rings. The first kappa shape index (κ1) is 18.6. The molecule has 0 aromatic heterocycles. The number of ether oxygens (including phenoxy) is 1. The van der Waals surface area contributed by atoms with Crippen LogP contribution in [-0.2, 0) is 4.74 Å². The van der Waals surface area contributed by atoms with Gasteiger partial charge < -0.3 is 9.64 Å². The molecule has 0 atom stereocenters. The van der Waals surface area contributed by atoms with Crippen molar-refractivity contribution in [2.75, 3.05) is 52.4 Å². The van der Waals surface area contributed by atoms with Crippen LogP contribution in [0, 0.1) is 5.41 Å². The molecule has 0 aromatic carbocycles. The highest BCUT2D eigenvalue weighted by Gasteiger charge is 2.44. The maximum absolute atomic E-state index is 5.92. The molecule has 1 saturated carbocycles. The maximum Gasteiger partial charge on any atom is 0.0538 e. The van der Waals surface area contributed by atoms with Gasteiger partial charge in [0, 0.05) is 50.2 Å². The lowest BCUT2D eigenvalue weighted by atomic mass is 9.99. The van der Waals surface area contributed by atoms with Gasteiger partial charge in [0.1, 0.15) is 0 Å². The number of nitrogens with zero attached hydrogens (tertiary/aromatic N) is 3. The molecule has 0 spiro atoms. The van der Waals surface area contributed by atoms with Crippen molar-refractivity contribution in [1.82, 2.24) is 14.7 Å². The third-order valence-corrected chi connectivity index (χ3v) is 6.39. The molecule has 2 heterocycles. The normalized spacial score (nSPS) is 27.2. The zero-order chi connectivity index (χ0) is 17.2.